The molecule has 220 valence electrons. The number of methoxy groups -OCH3 is 1. The van der Waals surface area contributed by atoms with Gasteiger partial charge in [0.1, 0.15) is 24.2 Å². The fraction of sp³-hybridized carbons (Fsp3) is 0.655. The Bertz CT molecular complexity index is 963. The standard InChI is InChI=1S/C29H47N3O6S/c1-9-10-11-12-16-32(27(35)23(15-17-39-8)31-28(36)38-29(4,5)6)25(26(34)30-19-24(33)37-7)22-14-13-20(2)21(3)18-22/h13-14,18,23,25H,9-12,15-17,19H2,1-8H3,(H,30,34)(H,31,36). The van der Waals surface area contributed by atoms with Crippen LogP contribution in [0.2, 0.25) is 0 Å². The van der Waals surface area contributed by atoms with E-state index in [4.69, 9.17) is 4.74 Å². The molecular weight excluding hydrogens is 518 g/mol. The quantitative estimate of drug-likeness (QED) is 0.234. The van der Waals surface area contributed by atoms with E-state index in [1.807, 2.05) is 38.3 Å². The van der Waals surface area contributed by atoms with Crippen LogP contribution in [0.4, 0.5) is 4.79 Å². The molecule has 2 N–H and O–H groups in total. The van der Waals surface area contributed by atoms with Crippen LogP contribution in [0.3, 0.4) is 0 Å². The molecular formula is C29H47N3O6S. The Morgan fingerprint density at radius 1 is 1.05 bits per heavy atom. The van der Waals surface area contributed by atoms with Crippen LogP contribution < -0.4 is 10.6 Å². The van der Waals surface area contributed by atoms with Crippen LogP contribution in [0.1, 0.15) is 82.5 Å². The van der Waals surface area contributed by atoms with Gasteiger partial charge in [0.15, 0.2) is 0 Å². The van der Waals surface area contributed by atoms with Crippen molar-refractivity contribution in [2.75, 3.05) is 32.2 Å². The van der Waals surface area contributed by atoms with E-state index in [2.05, 4.69) is 22.3 Å². The summed E-state index contributed by atoms with van der Waals surface area (Å²) in [5.41, 5.74) is 1.93. The van der Waals surface area contributed by atoms with E-state index in [0.29, 0.717) is 30.7 Å². The van der Waals surface area contributed by atoms with E-state index in [0.717, 1.165) is 30.4 Å². The molecule has 0 spiro atoms. The van der Waals surface area contributed by atoms with Crippen molar-refractivity contribution in [1.82, 2.24) is 15.5 Å². The molecule has 0 heterocycles. The minimum atomic E-state index is -1.000. The predicted molar refractivity (Wildman–Crippen MR) is 156 cm³/mol. The Morgan fingerprint density at radius 3 is 2.31 bits per heavy atom. The highest BCUT2D eigenvalue weighted by atomic mass is 32.2. The number of nitrogens with zero attached hydrogens (tertiary/aromatic N) is 1. The zero-order valence-electron chi connectivity index (χ0n) is 24.8. The number of carbonyl (C=O) groups is 4. The molecule has 3 amide bonds. The molecule has 0 radical (unpaired) electrons. The predicted octanol–water partition coefficient (Wildman–Crippen LogP) is 4.69. The van der Waals surface area contributed by atoms with Crippen LogP contribution in [0, 0.1) is 13.8 Å². The number of esters is 1. The first-order valence-corrected chi connectivity index (χ1v) is 14.9. The molecule has 0 saturated carbocycles. The van der Waals surface area contributed by atoms with Gasteiger partial charge in [-0.2, -0.15) is 11.8 Å². The van der Waals surface area contributed by atoms with Crippen LogP contribution in [0.15, 0.2) is 18.2 Å². The fourth-order valence-corrected chi connectivity index (χ4v) is 4.43. The van der Waals surface area contributed by atoms with Gasteiger partial charge in [-0.15, -0.1) is 0 Å². The molecule has 2 atom stereocenters. The summed E-state index contributed by atoms with van der Waals surface area (Å²) in [6.45, 7) is 11.3. The lowest BCUT2D eigenvalue weighted by atomic mass is 9.97. The van der Waals surface area contributed by atoms with Crippen molar-refractivity contribution in [2.24, 2.45) is 0 Å². The van der Waals surface area contributed by atoms with Gasteiger partial charge < -0.3 is 25.0 Å². The summed E-state index contributed by atoms with van der Waals surface area (Å²) in [7, 11) is 1.25. The molecule has 39 heavy (non-hydrogen) atoms. The number of thioether (sulfide) groups is 1. The number of amides is 3. The second kappa shape index (κ2) is 17.0. The number of aryl methyl sites for hydroxylation is 2. The second-order valence-corrected chi connectivity index (χ2v) is 11.6. The second-order valence-electron chi connectivity index (χ2n) is 10.6. The van der Waals surface area contributed by atoms with E-state index >= 15 is 0 Å². The highest BCUT2D eigenvalue weighted by Crippen LogP contribution is 2.26. The van der Waals surface area contributed by atoms with Crippen molar-refractivity contribution in [1.29, 1.82) is 0 Å². The average Bonchev–Trinajstić information content (AvgIpc) is 2.87. The lowest BCUT2D eigenvalue weighted by Gasteiger charge is -2.35. The third-order valence-electron chi connectivity index (χ3n) is 6.18. The van der Waals surface area contributed by atoms with Crippen LogP contribution in [-0.4, -0.2) is 72.6 Å². The van der Waals surface area contributed by atoms with E-state index in [1.54, 1.807) is 32.5 Å². The van der Waals surface area contributed by atoms with Crippen LogP contribution in [0.25, 0.3) is 0 Å². The molecule has 0 fully saturated rings. The summed E-state index contributed by atoms with van der Waals surface area (Å²) in [6.07, 6.45) is 5.20. The molecule has 0 bridgehead atoms. The molecule has 0 aliphatic heterocycles. The Balaban J connectivity index is 3.51. The number of carbonyl (C=O) groups excluding carboxylic acids is 4. The summed E-state index contributed by atoms with van der Waals surface area (Å²) in [6, 6.07) is 3.74. The van der Waals surface area contributed by atoms with E-state index in [1.165, 1.54) is 12.0 Å². The molecule has 0 saturated heterocycles. The van der Waals surface area contributed by atoms with E-state index in [-0.39, 0.29) is 12.5 Å². The molecule has 1 aromatic carbocycles. The smallest absolute Gasteiger partial charge is 0.408 e. The van der Waals surface area contributed by atoms with E-state index < -0.39 is 35.7 Å². The molecule has 10 heteroatoms. The van der Waals surface area contributed by atoms with Gasteiger partial charge in [-0.3, -0.25) is 14.4 Å². The van der Waals surface area contributed by atoms with Crippen molar-refractivity contribution in [3.8, 4) is 0 Å². The third-order valence-corrected chi connectivity index (χ3v) is 6.82. The van der Waals surface area contributed by atoms with Gasteiger partial charge in [0.05, 0.1) is 7.11 Å². The lowest BCUT2D eigenvalue weighted by molar-refractivity contribution is -0.144. The summed E-state index contributed by atoms with van der Waals surface area (Å²) in [5.74, 6) is -0.831. The van der Waals surface area contributed by atoms with Crippen LogP contribution in [0.5, 0.6) is 0 Å². The van der Waals surface area contributed by atoms with Crippen LogP contribution >= 0.6 is 11.8 Å². The maximum atomic E-state index is 14.2. The average molecular weight is 566 g/mol. The summed E-state index contributed by atoms with van der Waals surface area (Å²) >= 11 is 1.56. The Morgan fingerprint density at radius 2 is 1.74 bits per heavy atom. The van der Waals surface area contributed by atoms with Gasteiger partial charge in [-0.1, -0.05) is 44.4 Å². The van der Waals surface area contributed by atoms with Crippen LogP contribution in [-0.2, 0) is 23.9 Å². The molecule has 2 unspecified atom stereocenters. The Hall–Kier alpha value is -2.75. The number of benzene rings is 1. The monoisotopic (exact) mass is 565 g/mol. The number of ether oxygens (including phenoxy) is 2. The van der Waals surface area contributed by atoms with Gasteiger partial charge in [-0.05, 0) is 76.2 Å². The zero-order valence-corrected chi connectivity index (χ0v) is 25.7. The molecule has 1 aromatic rings. The first kappa shape index (κ1) is 34.3. The number of alkyl carbamates (subject to hydrolysis) is 1. The Labute approximate surface area is 238 Å². The largest absolute Gasteiger partial charge is 0.468 e. The zero-order chi connectivity index (χ0) is 29.6. The topological polar surface area (TPSA) is 114 Å². The number of hydrogen-bond acceptors (Lipinski definition) is 7. The molecule has 0 aromatic heterocycles. The minimum absolute atomic E-state index is 0.313. The van der Waals surface area contributed by atoms with Gasteiger partial charge in [0.2, 0.25) is 11.8 Å². The van der Waals surface area contributed by atoms with Crippen molar-refractivity contribution in [2.45, 2.75) is 91.3 Å². The summed E-state index contributed by atoms with van der Waals surface area (Å²) in [5, 5.41) is 5.38. The SMILES string of the molecule is CCCCCCN(C(=O)C(CCSC)NC(=O)OC(C)(C)C)C(C(=O)NCC(=O)OC)c1ccc(C)c(C)c1. The number of unbranched alkanes of at least 4 members (excludes halogenated alkanes) is 3. The third kappa shape index (κ3) is 12.3. The van der Waals surface area contributed by atoms with Crippen molar-refractivity contribution in [3.05, 3.63) is 34.9 Å². The number of nitrogens with one attached hydrogen (secondary N) is 2. The highest BCUT2D eigenvalue weighted by Gasteiger charge is 2.36. The Kier molecular flexibility index (Phi) is 15.0. The van der Waals surface area contributed by atoms with Crippen molar-refractivity contribution >= 4 is 35.6 Å². The van der Waals surface area contributed by atoms with Crippen molar-refractivity contribution in [3.63, 3.8) is 0 Å². The molecule has 1 rings (SSSR count). The van der Waals surface area contributed by atoms with Gasteiger partial charge in [0.25, 0.3) is 0 Å². The van der Waals surface area contributed by atoms with Gasteiger partial charge in [-0.25, -0.2) is 4.79 Å². The fourth-order valence-electron chi connectivity index (χ4n) is 3.95. The molecule has 0 aliphatic carbocycles. The van der Waals surface area contributed by atoms with Crippen molar-refractivity contribution < 1.29 is 28.7 Å². The van der Waals surface area contributed by atoms with Gasteiger partial charge in [0, 0.05) is 6.54 Å². The minimum Gasteiger partial charge on any atom is -0.468 e. The maximum Gasteiger partial charge on any atom is 0.408 e. The normalized spacial score (nSPS) is 12.7. The molecule has 0 aliphatic rings. The summed E-state index contributed by atoms with van der Waals surface area (Å²) < 4.78 is 10.1. The molecule has 9 nitrogen and oxygen atoms in total. The lowest BCUT2D eigenvalue weighted by Crippen LogP contribution is -2.53. The number of hydrogen-bond donors (Lipinski definition) is 2. The summed E-state index contributed by atoms with van der Waals surface area (Å²) in [4.78, 5) is 53.8. The van der Waals surface area contributed by atoms with Gasteiger partial charge >= 0.3 is 12.1 Å². The maximum absolute atomic E-state index is 14.2. The van der Waals surface area contributed by atoms with E-state index in [9.17, 15) is 19.2 Å². The number of rotatable bonds is 15. The first-order chi connectivity index (χ1) is 18.3. The first-order valence-electron chi connectivity index (χ1n) is 13.5. The highest BCUT2D eigenvalue weighted by molar-refractivity contribution is 7.98.